The minimum absolute atomic E-state index is 0.168. The van der Waals surface area contributed by atoms with Gasteiger partial charge in [0.25, 0.3) is 5.95 Å². The highest BCUT2D eigenvalue weighted by Crippen LogP contribution is 2.22. The van der Waals surface area contributed by atoms with E-state index >= 15 is 0 Å². The molecule has 1 aliphatic heterocycles. The summed E-state index contributed by atoms with van der Waals surface area (Å²) in [5.41, 5.74) is 0. The predicted octanol–water partition coefficient (Wildman–Crippen LogP) is 1.05. The molecule has 19 heavy (non-hydrogen) atoms. The van der Waals surface area contributed by atoms with Crippen LogP contribution in [-0.2, 0) is 0 Å². The Balaban J connectivity index is 1.93. The van der Waals surface area contributed by atoms with Crippen molar-refractivity contribution in [3.63, 3.8) is 0 Å². The molecule has 1 atom stereocenters. The number of nitrogens with zero attached hydrogens (tertiary/aromatic N) is 7. The molecule has 2 aromatic heterocycles. The van der Waals surface area contributed by atoms with Crippen molar-refractivity contribution < 1.29 is 0 Å². The van der Waals surface area contributed by atoms with E-state index in [0.717, 1.165) is 18.8 Å². The summed E-state index contributed by atoms with van der Waals surface area (Å²) < 4.78 is 1.47. The Morgan fingerprint density at radius 2 is 2.16 bits per heavy atom. The number of aromatic nitrogens is 6. The minimum atomic E-state index is 0.168. The molecule has 9 heteroatoms. The first-order chi connectivity index (χ1) is 9.22. The second kappa shape index (κ2) is 5.30. The number of thioether (sulfide) groups is 1. The van der Waals surface area contributed by atoms with Crippen LogP contribution in [0.4, 0.5) is 5.95 Å². The van der Waals surface area contributed by atoms with Gasteiger partial charge in [0.1, 0.15) is 12.7 Å². The maximum atomic E-state index is 5.97. The number of hydrogen-bond donors (Lipinski definition) is 0. The van der Waals surface area contributed by atoms with Crippen LogP contribution < -0.4 is 4.90 Å². The fourth-order valence-electron chi connectivity index (χ4n) is 1.88. The van der Waals surface area contributed by atoms with Crippen molar-refractivity contribution in [2.24, 2.45) is 0 Å². The van der Waals surface area contributed by atoms with Crippen LogP contribution in [0.3, 0.4) is 0 Å². The Bertz CT molecular complexity index is 561. The molecule has 3 rings (SSSR count). The average Bonchev–Trinajstić information content (AvgIpc) is 2.92. The van der Waals surface area contributed by atoms with Crippen molar-refractivity contribution in [2.45, 2.75) is 12.2 Å². The summed E-state index contributed by atoms with van der Waals surface area (Å²) in [6.45, 7) is 4.01. The first-order valence-corrected chi connectivity index (χ1v) is 7.28. The maximum absolute atomic E-state index is 5.97. The van der Waals surface area contributed by atoms with Gasteiger partial charge in [-0.1, -0.05) is 6.92 Å². The Morgan fingerprint density at radius 3 is 2.89 bits per heavy atom. The van der Waals surface area contributed by atoms with Gasteiger partial charge in [0.2, 0.25) is 11.2 Å². The van der Waals surface area contributed by atoms with Crippen molar-refractivity contribution in [3.05, 3.63) is 17.9 Å². The summed E-state index contributed by atoms with van der Waals surface area (Å²) in [5.74, 6) is 2.04. The van der Waals surface area contributed by atoms with Crippen LogP contribution in [0.1, 0.15) is 6.92 Å². The molecule has 0 aliphatic carbocycles. The summed E-state index contributed by atoms with van der Waals surface area (Å²) in [5, 5.41) is 4.72. The second-order valence-corrected chi connectivity index (χ2v) is 6.06. The summed E-state index contributed by atoms with van der Waals surface area (Å²) in [6, 6.07) is 0. The van der Waals surface area contributed by atoms with Crippen LogP contribution in [0.15, 0.2) is 12.7 Å². The van der Waals surface area contributed by atoms with E-state index in [1.54, 1.807) is 0 Å². The van der Waals surface area contributed by atoms with Gasteiger partial charge in [-0.25, -0.2) is 4.98 Å². The van der Waals surface area contributed by atoms with Crippen molar-refractivity contribution >= 4 is 29.3 Å². The zero-order valence-corrected chi connectivity index (χ0v) is 11.8. The summed E-state index contributed by atoms with van der Waals surface area (Å²) >= 11 is 7.92. The molecule has 2 aromatic rings. The highest BCUT2D eigenvalue weighted by molar-refractivity contribution is 8.00. The summed E-state index contributed by atoms with van der Waals surface area (Å²) in [7, 11) is 0. The summed E-state index contributed by atoms with van der Waals surface area (Å²) in [4.78, 5) is 18.7. The molecule has 0 radical (unpaired) electrons. The molecule has 1 unspecified atom stereocenters. The van der Waals surface area contributed by atoms with Crippen molar-refractivity contribution in [1.29, 1.82) is 0 Å². The van der Waals surface area contributed by atoms with Crippen LogP contribution in [0, 0.1) is 0 Å². The van der Waals surface area contributed by atoms with Gasteiger partial charge < -0.3 is 4.90 Å². The second-order valence-electron chi connectivity index (χ2n) is 4.17. The molecule has 1 aliphatic rings. The molecule has 0 bridgehead atoms. The lowest BCUT2D eigenvalue weighted by molar-refractivity contribution is 0.729. The van der Waals surface area contributed by atoms with E-state index in [0.29, 0.717) is 17.1 Å². The summed E-state index contributed by atoms with van der Waals surface area (Å²) in [6.07, 6.45) is 2.96. The van der Waals surface area contributed by atoms with Gasteiger partial charge in [-0.15, -0.1) is 0 Å². The number of halogens is 1. The molecule has 0 N–H and O–H groups in total. The maximum Gasteiger partial charge on any atom is 0.258 e. The highest BCUT2D eigenvalue weighted by atomic mass is 35.5. The topological polar surface area (TPSA) is 72.6 Å². The number of anilines is 1. The van der Waals surface area contributed by atoms with E-state index in [1.807, 2.05) is 11.8 Å². The Morgan fingerprint density at radius 1 is 1.32 bits per heavy atom. The zero-order chi connectivity index (χ0) is 13.2. The Labute approximate surface area is 119 Å². The van der Waals surface area contributed by atoms with Crippen LogP contribution in [0.25, 0.3) is 5.95 Å². The van der Waals surface area contributed by atoms with Crippen LogP contribution >= 0.6 is 23.4 Å². The monoisotopic (exact) mass is 297 g/mol. The predicted molar refractivity (Wildman–Crippen MR) is 73.9 cm³/mol. The Hall–Kier alpha value is -1.41. The molecule has 0 spiro atoms. The van der Waals surface area contributed by atoms with Crippen LogP contribution in [0.5, 0.6) is 0 Å². The fourth-order valence-corrected chi connectivity index (χ4v) is 3.05. The minimum Gasteiger partial charge on any atom is -0.339 e. The normalized spacial score (nSPS) is 19.7. The van der Waals surface area contributed by atoms with E-state index in [1.165, 1.54) is 17.3 Å². The molecule has 7 nitrogen and oxygen atoms in total. The van der Waals surface area contributed by atoms with Gasteiger partial charge in [-0.05, 0) is 11.6 Å². The quantitative estimate of drug-likeness (QED) is 0.820. The molecule has 1 fully saturated rings. The number of hydrogen-bond acceptors (Lipinski definition) is 7. The van der Waals surface area contributed by atoms with Crippen LogP contribution in [0.2, 0.25) is 5.28 Å². The van der Waals surface area contributed by atoms with Gasteiger partial charge in [0.15, 0.2) is 0 Å². The lowest BCUT2D eigenvalue weighted by Crippen LogP contribution is -2.38. The van der Waals surface area contributed by atoms with Crippen molar-refractivity contribution in [2.75, 3.05) is 23.7 Å². The molecule has 3 heterocycles. The highest BCUT2D eigenvalue weighted by Gasteiger charge is 2.20. The van der Waals surface area contributed by atoms with Gasteiger partial charge in [0.05, 0.1) is 0 Å². The third-order valence-electron chi connectivity index (χ3n) is 2.73. The van der Waals surface area contributed by atoms with Gasteiger partial charge >= 0.3 is 0 Å². The molecule has 0 amide bonds. The third kappa shape index (κ3) is 2.79. The largest absolute Gasteiger partial charge is 0.339 e. The lowest BCUT2D eigenvalue weighted by atomic mass is 10.4. The van der Waals surface area contributed by atoms with Crippen LogP contribution in [-0.4, -0.2) is 53.8 Å². The van der Waals surface area contributed by atoms with E-state index in [2.05, 4.69) is 36.9 Å². The standard InChI is InChI=1S/C10H12ClN7S/c1-7-4-17(2-3-19-7)9-14-8(11)15-10(16-9)18-6-12-5-13-18/h5-7H,2-4H2,1H3. The van der Waals surface area contributed by atoms with E-state index in [9.17, 15) is 0 Å². The van der Waals surface area contributed by atoms with Gasteiger partial charge in [-0.2, -0.15) is 36.5 Å². The third-order valence-corrected chi connectivity index (χ3v) is 4.04. The van der Waals surface area contributed by atoms with Gasteiger partial charge in [0, 0.05) is 24.1 Å². The van der Waals surface area contributed by atoms with Crippen molar-refractivity contribution in [1.82, 2.24) is 29.7 Å². The first kappa shape index (κ1) is 12.6. The number of rotatable bonds is 2. The van der Waals surface area contributed by atoms with Gasteiger partial charge in [-0.3, -0.25) is 0 Å². The molecule has 0 saturated carbocycles. The molecule has 100 valence electrons. The smallest absolute Gasteiger partial charge is 0.258 e. The Kier molecular flexibility index (Phi) is 3.52. The molecular weight excluding hydrogens is 286 g/mol. The van der Waals surface area contributed by atoms with E-state index in [-0.39, 0.29) is 5.28 Å². The lowest BCUT2D eigenvalue weighted by Gasteiger charge is -2.30. The fraction of sp³-hybridized carbons (Fsp3) is 0.500. The average molecular weight is 298 g/mol. The first-order valence-electron chi connectivity index (χ1n) is 5.85. The molecule has 0 aromatic carbocycles. The van der Waals surface area contributed by atoms with Crippen molar-refractivity contribution in [3.8, 4) is 5.95 Å². The zero-order valence-electron chi connectivity index (χ0n) is 10.3. The van der Waals surface area contributed by atoms with E-state index in [4.69, 9.17) is 11.6 Å². The SMILES string of the molecule is CC1CN(c2nc(Cl)nc(-n3cncn3)n2)CCS1. The van der Waals surface area contributed by atoms with E-state index < -0.39 is 0 Å². The molecule has 1 saturated heterocycles. The molecular formula is C10H12ClN7S.